The van der Waals surface area contributed by atoms with Gasteiger partial charge in [-0.3, -0.25) is 9.20 Å². The van der Waals surface area contributed by atoms with Crippen molar-refractivity contribution >= 4 is 57.5 Å². The Kier molecular flexibility index (Phi) is 10.3. The number of nitrogens with one attached hydrogen (secondary N) is 2. The summed E-state index contributed by atoms with van der Waals surface area (Å²) in [5.74, 6) is 1.31. The highest BCUT2D eigenvalue weighted by Gasteiger charge is 2.24. The summed E-state index contributed by atoms with van der Waals surface area (Å²) in [6.07, 6.45) is 3.80. The van der Waals surface area contributed by atoms with Crippen LogP contribution in [-0.4, -0.2) is 78.9 Å². The third-order valence-electron chi connectivity index (χ3n) is 6.59. The largest absolute Gasteiger partial charge is 0.378 e. The van der Waals surface area contributed by atoms with Crippen LogP contribution in [0.5, 0.6) is 0 Å². The number of aryl methyl sites for hydroxylation is 1. The number of carbonyl (C=O) groups is 1. The Morgan fingerprint density at radius 3 is 2.55 bits per heavy atom. The van der Waals surface area contributed by atoms with Crippen molar-refractivity contribution in [3.63, 3.8) is 0 Å². The standard InChI is InChI=1S/C25H37N7O4S.H2S/c1-17(2)23(30-37(4,34)35)22(33)8-6-5-7-11-26-24-25-29-28-18(3)32(25)21-10-9-19(16-20(21)27-24)31-12-14-36-15-13-31;/h9-10,16-17,23,30H,5-8,11-15H2,1-4H3,(H,26,27);1H2/t23-;/m0./s1. The number of fused-ring (bicyclic) bond motifs is 3. The Bertz CT molecular complexity index is 1350. The third-order valence-corrected chi connectivity index (χ3v) is 7.27. The zero-order chi connectivity index (χ0) is 26.6. The van der Waals surface area contributed by atoms with E-state index >= 15 is 0 Å². The van der Waals surface area contributed by atoms with Crippen molar-refractivity contribution in [3.05, 3.63) is 24.0 Å². The maximum Gasteiger partial charge on any atom is 0.209 e. The van der Waals surface area contributed by atoms with Crippen LogP contribution in [0.2, 0.25) is 0 Å². The number of nitrogens with zero attached hydrogens (tertiary/aromatic N) is 5. The molecule has 1 aromatic carbocycles. The van der Waals surface area contributed by atoms with E-state index < -0.39 is 16.1 Å². The Balaban J connectivity index is 0.00000400. The van der Waals surface area contributed by atoms with Gasteiger partial charge in [-0.05, 0) is 43.9 Å². The van der Waals surface area contributed by atoms with E-state index in [-0.39, 0.29) is 25.2 Å². The first-order chi connectivity index (χ1) is 17.6. The summed E-state index contributed by atoms with van der Waals surface area (Å²) in [5.41, 5.74) is 3.63. The van der Waals surface area contributed by atoms with E-state index in [0.717, 1.165) is 67.9 Å². The van der Waals surface area contributed by atoms with E-state index in [1.54, 1.807) is 0 Å². The highest BCUT2D eigenvalue weighted by atomic mass is 32.2. The molecule has 38 heavy (non-hydrogen) atoms. The quantitative estimate of drug-likeness (QED) is 0.318. The number of carbonyl (C=O) groups excluding carboxylic acids is 1. The summed E-state index contributed by atoms with van der Waals surface area (Å²) in [7, 11) is -3.43. The number of anilines is 2. The van der Waals surface area contributed by atoms with Gasteiger partial charge >= 0.3 is 0 Å². The average Bonchev–Trinajstić information content (AvgIpc) is 3.26. The van der Waals surface area contributed by atoms with Crippen molar-refractivity contribution in [3.8, 4) is 0 Å². The second kappa shape index (κ2) is 13.0. The average molecular weight is 566 g/mol. The fraction of sp³-hybridized carbons (Fsp3) is 0.600. The van der Waals surface area contributed by atoms with Crippen LogP contribution in [0.4, 0.5) is 11.5 Å². The number of ether oxygens (including phenoxy) is 1. The van der Waals surface area contributed by atoms with Crippen LogP contribution < -0.4 is 14.9 Å². The van der Waals surface area contributed by atoms with Gasteiger partial charge in [-0.1, -0.05) is 20.3 Å². The zero-order valence-electron chi connectivity index (χ0n) is 22.5. The maximum atomic E-state index is 12.6. The number of morpholine rings is 1. The van der Waals surface area contributed by atoms with Crippen molar-refractivity contribution in [2.24, 2.45) is 5.92 Å². The predicted octanol–water partition coefficient (Wildman–Crippen LogP) is 2.65. The van der Waals surface area contributed by atoms with Gasteiger partial charge in [0.1, 0.15) is 5.82 Å². The van der Waals surface area contributed by atoms with Gasteiger partial charge in [-0.25, -0.2) is 18.1 Å². The number of benzene rings is 1. The molecule has 0 aliphatic carbocycles. The summed E-state index contributed by atoms with van der Waals surface area (Å²) in [6.45, 7) is 9.45. The van der Waals surface area contributed by atoms with Crippen molar-refractivity contribution in [1.29, 1.82) is 0 Å². The Labute approximate surface area is 231 Å². The lowest BCUT2D eigenvalue weighted by Crippen LogP contribution is -2.43. The molecule has 1 aliphatic heterocycles. The van der Waals surface area contributed by atoms with Gasteiger partial charge in [-0.15, -0.1) is 10.2 Å². The summed E-state index contributed by atoms with van der Waals surface area (Å²) in [6, 6.07) is 5.60. The molecule has 3 heterocycles. The van der Waals surface area contributed by atoms with Crippen LogP contribution in [-0.2, 0) is 19.6 Å². The lowest BCUT2D eigenvalue weighted by atomic mass is 9.97. The van der Waals surface area contributed by atoms with Gasteiger partial charge in [0.25, 0.3) is 0 Å². The van der Waals surface area contributed by atoms with E-state index in [2.05, 4.69) is 43.3 Å². The van der Waals surface area contributed by atoms with Gasteiger partial charge in [0, 0.05) is 31.7 Å². The molecule has 0 amide bonds. The number of rotatable bonds is 12. The number of hydrogen-bond donors (Lipinski definition) is 2. The highest BCUT2D eigenvalue weighted by molar-refractivity contribution is 7.88. The molecular weight excluding hydrogens is 526 g/mol. The third kappa shape index (κ3) is 7.33. The second-order valence-corrected chi connectivity index (χ2v) is 11.7. The Morgan fingerprint density at radius 2 is 1.87 bits per heavy atom. The minimum absolute atomic E-state index is 0. The first-order valence-electron chi connectivity index (χ1n) is 12.9. The van der Waals surface area contributed by atoms with Gasteiger partial charge in [0.2, 0.25) is 15.7 Å². The summed E-state index contributed by atoms with van der Waals surface area (Å²) >= 11 is 0. The van der Waals surface area contributed by atoms with E-state index in [0.29, 0.717) is 30.9 Å². The molecule has 0 radical (unpaired) electrons. The zero-order valence-corrected chi connectivity index (χ0v) is 24.3. The molecule has 3 aromatic rings. The molecule has 0 unspecified atom stereocenters. The van der Waals surface area contributed by atoms with Crippen LogP contribution in [0.3, 0.4) is 0 Å². The van der Waals surface area contributed by atoms with Crippen LogP contribution in [0.15, 0.2) is 18.2 Å². The Hall–Kier alpha value is -2.48. The summed E-state index contributed by atoms with van der Waals surface area (Å²) < 4.78 is 33.1. The van der Waals surface area contributed by atoms with Crippen molar-refractivity contribution in [2.75, 3.05) is 49.3 Å². The maximum absolute atomic E-state index is 12.6. The van der Waals surface area contributed by atoms with Gasteiger partial charge in [0.15, 0.2) is 11.6 Å². The highest BCUT2D eigenvalue weighted by Crippen LogP contribution is 2.26. The van der Waals surface area contributed by atoms with Crippen LogP contribution in [0, 0.1) is 12.8 Å². The fourth-order valence-electron chi connectivity index (χ4n) is 4.67. The SMILES string of the molecule is Cc1nnc2c(NCCCCCC(=O)[C@@H](NS(C)(=O)=O)C(C)C)nc3cc(N4CCOCC4)ccc3n12.S. The topological polar surface area (TPSA) is 131 Å². The van der Waals surface area contributed by atoms with Crippen molar-refractivity contribution in [2.45, 2.75) is 52.5 Å². The molecule has 13 heteroatoms. The molecule has 0 saturated carbocycles. The van der Waals surface area contributed by atoms with Crippen molar-refractivity contribution in [1.82, 2.24) is 24.3 Å². The minimum Gasteiger partial charge on any atom is -0.378 e. The van der Waals surface area contributed by atoms with Crippen LogP contribution >= 0.6 is 13.5 Å². The van der Waals surface area contributed by atoms with Gasteiger partial charge < -0.3 is 15.0 Å². The van der Waals surface area contributed by atoms with E-state index in [1.807, 2.05) is 25.2 Å². The molecule has 1 aliphatic rings. The van der Waals surface area contributed by atoms with Gasteiger partial charge in [-0.2, -0.15) is 13.5 Å². The number of aromatic nitrogens is 4. The van der Waals surface area contributed by atoms with Crippen LogP contribution in [0.1, 0.15) is 45.4 Å². The van der Waals surface area contributed by atoms with E-state index in [1.165, 1.54) is 0 Å². The molecule has 0 bridgehead atoms. The monoisotopic (exact) mass is 565 g/mol. The minimum atomic E-state index is -3.43. The summed E-state index contributed by atoms with van der Waals surface area (Å²) in [5, 5.41) is 12.0. The first-order valence-corrected chi connectivity index (χ1v) is 14.8. The molecule has 4 rings (SSSR count). The molecule has 0 spiro atoms. The second-order valence-electron chi connectivity index (χ2n) is 9.95. The Morgan fingerprint density at radius 1 is 1.13 bits per heavy atom. The molecule has 2 aromatic heterocycles. The molecule has 1 fully saturated rings. The molecule has 210 valence electrons. The molecule has 1 saturated heterocycles. The fourth-order valence-corrected chi connectivity index (χ4v) is 5.53. The smallest absolute Gasteiger partial charge is 0.209 e. The number of hydrogen-bond acceptors (Lipinski definition) is 9. The summed E-state index contributed by atoms with van der Waals surface area (Å²) in [4.78, 5) is 19.7. The number of sulfonamides is 1. The first kappa shape index (κ1) is 30.1. The van der Waals surface area contributed by atoms with Gasteiger partial charge in [0.05, 0.1) is 36.5 Å². The van der Waals surface area contributed by atoms with Crippen molar-refractivity contribution < 1.29 is 17.9 Å². The number of ketones is 1. The van der Waals surface area contributed by atoms with E-state index in [9.17, 15) is 13.2 Å². The lowest BCUT2D eigenvalue weighted by Gasteiger charge is -2.29. The van der Waals surface area contributed by atoms with Crippen LogP contribution in [0.25, 0.3) is 16.7 Å². The molecule has 1 atom stereocenters. The predicted molar refractivity (Wildman–Crippen MR) is 155 cm³/mol. The lowest BCUT2D eigenvalue weighted by molar-refractivity contribution is -0.121. The number of unbranched alkanes of at least 4 members (excludes halogenated alkanes) is 2. The molecular formula is C25H39N7O4S2. The molecule has 2 N–H and O–H groups in total. The number of Topliss-reactive ketones (excluding diaryl/α,β-unsaturated/α-hetero) is 1. The van der Waals surface area contributed by atoms with E-state index in [4.69, 9.17) is 9.72 Å². The molecule has 11 nitrogen and oxygen atoms in total. The normalized spacial score (nSPS) is 15.1.